The van der Waals surface area contributed by atoms with Crippen LogP contribution < -0.4 is 0 Å². The van der Waals surface area contributed by atoms with Gasteiger partial charge in [-0.25, -0.2) is 0 Å². The maximum atomic E-state index is 12.9. The lowest BCUT2D eigenvalue weighted by molar-refractivity contribution is -0.164. The first-order valence-electron chi connectivity index (χ1n) is 15.8. The summed E-state index contributed by atoms with van der Waals surface area (Å²) in [4.78, 5) is 37.9. The first kappa shape index (κ1) is 34.8. The Morgan fingerprint density at radius 2 is 0.833 bits per heavy atom. The maximum Gasteiger partial charge on any atom is 0.324 e. The summed E-state index contributed by atoms with van der Waals surface area (Å²) in [6, 6.07) is 0. The minimum Gasteiger partial charge on any atom is -0.393 e. The van der Waals surface area contributed by atoms with Crippen molar-refractivity contribution >= 4 is 17.7 Å². The molecule has 0 radical (unpaired) electrons. The zero-order valence-corrected chi connectivity index (χ0v) is 24.4. The number of unbranched alkanes of at least 4 members (excludes halogenated alkanes) is 19. The molecular formula is C32H60O4. The monoisotopic (exact) mass is 508 g/mol. The molecule has 0 saturated carbocycles. The Bertz CT molecular complexity index is 528. The van der Waals surface area contributed by atoms with Crippen molar-refractivity contribution < 1.29 is 19.1 Å². The van der Waals surface area contributed by atoms with Crippen LogP contribution in [0.1, 0.15) is 181 Å². The van der Waals surface area contributed by atoms with Gasteiger partial charge in [-0.2, -0.15) is 0 Å². The third-order valence-corrected chi connectivity index (χ3v) is 7.25. The third kappa shape index (κ3) is 22.0. The topological polar surface area (TPSA) is 60.4 Å². The smallest absolute Gasteiger partial charge is 0.324 e. The second-order valence-corrected chi connectivity index (χ2v) is 10.8. The van der Waals surface area contributed by atoms with E-state index in [1.54, 1.807) is 0 Å². The van der Waals surface area contributed by atoms with E-state index in [0.717, 1.165) is 57.8 Å². The predicted octanol–water partition coefficient (Wildman–Crippen LogP) is 10.1. The van der Waals surface area contributed by atoms with E-state index in [1.807, 2.05) is 0 Å². The molecule has 0 spiro atoms. The van der Waals surface area contributed by atoms with E-state index >= 15 is 0 Å². The fraction of sp³-hybridized carbons (Fsp3) is 0.906. The highest BCUT2D eigenvalue weighted by Gasteiger charge is 2.28. The summed E-state index contributed by atoms with van der Waals surface area (Å²) >= 11 is 0. The Kier molecular flexibility index (Phi) is 26.0. The van der Waals surface area contributed by atoms with Crippen LogP contribution in [0, 0.1) is 5.92 Å². The fourth-order valence-corrected chi connectivity index (χ4v) is 4.78. The molecule has 4 heteroatoms. The lowest BCUT2D eigenvalue weighted by Crippen LogP contribution is -2.28. The number of esters is 2. The van der Waals surface area contributed by atoms with Gasteiger partial charge in [0, 0.05) is 12.8 Å². The second-order valence-electron chi connectivity index (χ2n) is 10.8. The highest BCUT2D eigenvalue weighted by molar-refractivity contribution is 6.02. The minimum atomic E-state index is -0.761. The summed E-state index contributed by atoms with van der Waals surface area (Å²) in [5.41, 5.74) is 0. The molecule has 1 atom stereocenters. The van der Waals surface area contributed by atoms with E-state index in [2.05, 4.69) is 20.8 Å². The van der Waals surface area contributed by atoms with Crippen LogP contribution in [0.4, 0.5) is 0 Å². The molecule has 0 N–H and O–H groups in total. The standard InChI is InChI=1S/C32H60O4/c1-4-7-10-13-16-19-20-23-26-29(30(33)27-24-21-17-14-11-8-5-2)32(35)36-31(34)28-25-22-18-15-12-9-6-3/h29H,4-28H2,1-3H3. The third-order valence-electron chi connectivity index (χ3n) is 7.25. The molecule has 0 saturated heterocycles. The molecule has 36 heavy (non-hydrogen) atoms. The molecule has 0 aliphatic carbocycles. The highest BCUT2D eigenvalue weighted by Crippen LogP contribution is 2.19. The van der Waals surface area contributed by atoms with Crippen molar-refractivity contribution in [2.24, 2.45) is 5.92 Å². The zero-order valence-electron chi connectivity index (χ0n) is 24.4. The Morgan fingerprint density at radius 1 is 0.472 bits per heavy atom. The van der Waals surface area contributed by atoms with Crippen LogP contribution in [0.25, 0.3) is 0 Å². The van der Waals surface area contributed by atoms with E-state index in [4.69, 9.17) is 4.74 Å². The van der Waals surface area contributed by atoms with Crippen LogP contribution in [0.3, 0.4) is 0 Å². The average Bonchev–Trinajstić information content (AvgIpc) is 2.86. The van der Waals surface area contributed by atoms with Crippen molar-refractivity contribution in [3.8, 4) is 0 Å². The van der Waals surface area contributed by atoms with Gasteiger partial charge in [0.2, 0.25) is 0 Å². The van der Waals surface area contributed by atoms with Gasteiger partial charge in [0.15, 0.2) is 0 Å². The van der Waals surface area contributed by atoms with Crippen molar-refractivity contribution in [1.29, 1.82) is 0 Å². The van der Waals surface area contributed by atoms with Gasteiger partial charge >= 0.3 is 11.9 Å². The minimum absolute atomic E-state index is 0.0276. The van der Waals surface area contributed by atoms with Crippen LogP contribution in [-0.2, 0) is 19.1 Å². The van der Waals surface area contributed by atoms with Gasteiger partial charge in [0.05, 0.1) is 0 Å². The number of carbonyl (C=O) groups excluding carboxylic acids is 3. The molecule has 0 heterocycles. The molecule has 212 valence electrons. The lowest BCUT2D eigenvalue weighted by Gasteiger charge is -2.14. The molecule has 0 fully saturated rings. The van der Waals surface area contributed by atoms with Crippen LogP contribution in [0.15, 0.2) is 0 Å². The molecule has 0 amide bonds. The summed E-state index contributed by atoms with van der Waals surface area (Å²) in [5.74, 6) is -1.85. The summed E-state index contributed by atoms with van der Waals surface area (Å²) in [6.45, 7) is 6.64. The van der Waals surface area contributed by atoms with Gasteiger partial charge in [-0.1, -0.05) is 149 Å². The summed E-state index contributed by atoms with van der Waals surface area (Å²) in [7, 11) is 0. The number of rotatable bonds is 27. The maximum absolute atomic E-state index is 12.9. The van der Waals surface area contributed by atoms with Gasteiger partial charge in [-0.3, -0.25) is 14.4 Å². The van der Waals surface area contributed by atoms with Crippen LogP contribution >= 0.6 is 0 Å². The van der Waals surface area contributed by atoms with Crippen molar-refractivity contribution in [1.82, 2.24) is 0 Å². The molecule has 4 nitrogen and oxygen atoms in total. The number of ketones is 1. The van der Waals surface area contributed by atoms with Gasteiger partial charge in [-0.15, -0.1) is 0 Å². The quantitative estimate of drug-likeness (QED) is 0.0629. The van der Waals surface area contributed by atoms with Crippen molar-refractivity contribution in [3.63, 3.8) is 0 Å². The lowest BCUT2D eigenvalue weighted by atomic mass is 9.92. The fourth-order valence-electron chi connectivity index (χ4n) is 4.78. The van der Waals surface area contributed by atoms with Crippen LogP contribution in [0.5, 0.6) is 0 Å². The van der Waals surface area contributed by atoms with Crippen molar-refractivity contribution in [2.75, 3.05) is 0 Å². The molecule has 0 rings (SSSR count). The van der Waals surface area contributed by atoms with E-state index in [1.165, 1.54) is 83.5 Å². The summed E-state index contributed by atoms with van der Waals surface area (Å²) in [6.07, 6.45) is 26.4. The zero-order chi connectivity index (χ0) is 26.7. The first-order valence-corrected chi connectivity index (χ1v) is 15.8. The Balaban J connectivity index is 4.42. The molecule has 0 aliphatic rings. The summed E-state index contributed by atoms with van der Waals surface area (Å²) < 4.78 is 5.17. The number of ether oxygens (including phenoxy) is 1. The number of hydrogen-bond acceptors (Lipinski definition) is 4. The summed E-state index contributed by atoms with van der Waals surface area (Å²) in [5, 5.41) is 0. The molecular weight excluding hydrogens is 448 g/mol. The number of carbonyl (C=O) groups is 3. The van der Waals surface area contributed by atoms with E-state index in [0.29, 0.717) is 12.8 Å². The van der Waals surface area contributed by atoms with E-state index < -0.39 is 17.9 Å². The highest BCUT2D eigenvalue weighted by atomic mass is 16.6. The molecule has 0 aromatic carbocycles. The molecule has 0 bridgehead atoms. The normalized spacial score (nSPS) is 12.0. The number of hydrogen-bond donors (Lipinski definition) is 0. The Labute approximate surface area is 224 Å². The van der Waals surface area contributed by atoms with Crippen molar-refractivity contribution in [3.05, 3.63) is 0 Å². The second kappa shape index (κ2) is 26.9. The Hall–Kier alpha value is -1.19. The molecule has 0 aliphatic heterocycles. The van der Waals surface area contributed by atoms with Crippen LogP contribution in [-0.4, -0.2) is 17.7 Å². The van der Waals surface area contributed by atoms with Gasteiger partial charge in [-0.05, 0) is 19.3 Å². The largest absolute Gasteiger partial charge is 0.393 e. The average molecular weight is 509 g/mol. The molecule has 0 aromatic heterocycles. The van der Waals surface area contributed by atoms with E-state index in [-0.39, 0.29) is 12.2 Å². The number of Topliss-reactive ketones (excluding diaryl/α,β-unsaturated/α-hetero) is 1. The predicted molar refractivity (Wildman–Crippen MR) is 152 cm³/mol. The van der Waals surface area contributed by atoms with Gasteiger partial charge in [0.1, 0.15) is 11.7 Å². The van der Waals surface area contributed by atoms with E-state index in [9.17, 15) is 14.4 Å². The Morgan fingerprint density at radius 3 is 1.28 bits per heavy atom. The SMILES string of the molecule is CCCCCCCCCCC(C(=O)CCCCCCCCC)C(=O)OC(=O)CCCCCCCCC. The molecule has 0 aromatic rings. The van der Waals surface area contributed by atoms with Crippen LogP contribution in [0.2, 0.25) is 0 Å². The van der Waals surface area contributed by atoms with Gasteiger partial charge in [0.25, 0.3) is 0 Å². The van der Waals surface area contributed by atoms with Gasteiger partial charge < -0.3 is 4.74 Å². The molecule has 1 unspecified atom stereocenters. The van der Waals surface area contributed by atoms with Crippen molar-refractivity contribution in [2.45, 2.75) is 181 Å². The first-order chi connectivity index (χ1) is 17.6.